The van der Waals surface area contributed by atoms with Gasteiger partial charge in [0.2, 0.25) is 0 Å². The van der Waals surface area contributed by atoms with Gasteiger partial charge in [-0.2, -0.15) is 0 Å². The van der Waals surface area contributed by atoms with E-state index < -0.39 is 0 Å². The molecule has 0 heterocycles. The van der Waals surface area contributed by atoms with Crippen LogP contribution in [0.3, 0.4) is 0 Å². The van der Waals surface area contributed by atoms with E-state index in [1.807, 2.05) is 54.6 Å². The van der Waals surface area contributed by atoms with Crippen LogP contribution in [0.5, 0.6) is 11.5 Å². The lowest BCUT2D eigenvalue weighted by Crippen LogP contribution is -2.09. The van der Waals surface area contributed by atoms with E-state index in [0.29, 0.717) is 0 Å². The molecule has 21 heavy (non-hydrogen) atoms. The molecule has 0 bridgehead atoms. The SMILES string of the molecule is CCCCC(O)CSc1ccc(Oc2ccccc2)cc1. The zero-order valence-corrected chi connectivity index (χ0v) is 13.2. The summed E-state index contributed by atoms with van der Waals surface area (Å²) >= 11 is 1.69. The average molecular weight is 302 g/mol. The summed E-state index contributed by atoms with van der Waals surface area (Å²) in [5.74, 6) is 2.42. The van der Waals surface area contributed by atoms with E-state index in [1.54, 1.807) is 11.8 Å². The quantitative estimate of drug-likeness (QED) is 0.686. The van der Waals surface area contributed by atoms with Crippen LogP contribution in [0.2, 0.25) is 0 Å². The summed E-state index contributed by atoms with van der Waals surface area (Å²) in [4.78, 5) is 1.16. The Morgan fingerprint density at radius 2 is 1.67 bits per heavy atom. The first kappa shape index (κ1) is 15.9. The molecule has 0 saturated heterocycles. The molecule has 1 unspecified atom stereocenters. The highest BCUT2D eigenvalue weighted by Crippen LogP contribution is 2.25. The maximum atomic E-state index is 9.85. The van der Waals surface area contributed by atoms with Crippen molar-refractivity contribution in [2.24, 2.45) is 0 Å². The van der Waals surface area contributed by atoms with Gasteiger partial charge < -0.3 is 9.84 Å². The first-order valence-corrected chi connectivity index (χ1v) is 8.40. The van der Waals surface area contributed by atoms with Gasteiger partial charge in [-0.15, -0.1) is 11.8 Å². The van der Waals surface area contributed by atoms with Gasteiger partial charge in [0, 0.05) is 10.6 Å². The maximum Gasteiger partial charge on any atom is 0.127 e. The number of rotatable bonds is 8. The number of para-hydroxylation sites is 1. The van der Waals surface area contributed by atoms with Crippen LogP contribution >= 0.6 is 11.8 Å². The summed E-state index contributed by atoms with van der Waals surface area (Å²) in [6, 6.07) is 17.8. The summed E-state index contributed by atoms with van der Waals surface area (Å²) in [5.41, 5.74) is 0. The number of aliphatic hydroxyl groups excluding tert-OH is 1. The Labute approximate surface area is 131 Å². The minimum Gasteiger partial charge on any atom is -0.457 e. The van der Waals surface area contributed by atoms with Gasteiger partial charge in [-0.05, 0) is 42.8 Å². The second kappa shape index (κ2) is 8.75. The number of aliphatic hydroxyl groups is 1. The van der Waals surface area contributed by atoms with Crippen molar-refractivity contribution in [3.05, 3.63) is 54.6 Å². The molecule has 0 spiro atoms. The highest BCUT2D eigenvalue weighted by atomic mass is 32.2. The average Bonchev–Trinajstić information content (AvgIpc) is 2.53. The molecule has 112 valence electrons. The molecule has 2 rings (SSSR count). The molecule has 0 aliphatic heterocycles. The topological polar surface area (TPSA) is 29.5 Å². The molecule has 0 aromatic heterocycles. The van der Waals surface area contributed by atoms with Gasteiger partial charge in [-0.25, -0.2) is 0 Å². The number of ether oxygens (including phenoxy) is 1. The number of benzene rings is 2. The number of hydrogen-bond donors (Lipinski definition) is 1. The molecule has 1 atom stereocenters. The Bertz CT molecular complexity index is 511. The van der Waals surface area contributed by atoms with Crippen LogP contribution in [0.4, 0.5) is 0 Å². The van der Waals surface area contributed by atoms with Crippen LogP contribution in [0.1, 0.15) is 26.2 Å². The third kappa shape index (κ3) is 5.82. The van der Waals surface area contributed by atoms with Gasteiger partial charge in [0.25, 0.3) is 0 Å². The summed E-state index contributed by atoms with van der Waals surface area (Å²) in [6.07, 6.45) is 2.90. The summed E-state index contributed by atoms with van der Waals surface area (Å²) in [5, 5.41) is 9.85. The molecular weight excluding hydrogens is 280 g/mol. The largest absolute Gasteiger partial charge is 0.457 e. The Hall–Kier alpha value is -1.45. The van der Waals surface area contributed by atoms with Crippen LogP contribution in [0.15, 0.2) is 59.5 Å². The third-order valence-electron chi connectivity index (χ3n) is 3.14. The zero-order chi connectivity index (χ0) is 14.9. The van der Waals surface area contributed by atoms with Crippen molar-refractivity contribution in [3.8, 4) is 11.5 Å². The summed E-state index contributed by atoms with van der Waals surface area (Å²) < 4.78 is 5.75. The van der Waals surface area contributed by atoms with Gasteiger partial charge in [0.15, 0.2) is 0 Å². The second-order valence-corrected chi connectivity index (χ2v) is 6.09. The van der Waals surface area contributed by atoms with Gasteiger partial charge in [-0.1, -0.05) is 38.0 Å². The van der Waals surface area contributed by atoms with E-state index in [2.05, 4.69) is 6.92 Å². The van der Waals surface area contributed by atoms with Crippen molar-refractivity contribution in [1.29, 1.82) is 0 Å². The number of hydrogen-bond acceptors (Lipinski definition) is 3. The maximum absolute atomic E-state index is 9.85. The van der Waals surface area contributed by atoms with E-state index in [1.165, 1.54) is 0 Å². The highest BCUT2D eigenvalue weighted by Gasteiger charge is 2.05. The third-order valence-corrected chi connectivity index (χ3v) is 4.29. The fraction of sp³-hybridized carbons (Fsp3) is 0.333. The Morgan fingerprint density at radius 1 is 1.00 bits per heavy atom. The van der Waals surface area contributed by atoms with Crippen LogP contribution in [0, 0.1) is 0 Å². The first-order chi connectivity index (χ1) is 10.3. The van der Waals surface area contributed by atoms with Crippen molar-refractivity contribution in [2.75, 3.05) is 5.75 Å². The van der Waals surface area contributed by atoms with Gasteiger partial charge in [-0.3, -0.25) is 0 Å². The molecular formula is C18H22O2S. The fourth-order valence-electron chi connectivity index (χ4n) is 1.94. The van der Waals surface area contributed by atoms with Crippen LogP contribution in [0.25, 0.3) is 0 Å². The van der Waals surface area contributed by atoms with Crippen molar-refractivity contribution < 1.29 is 9.84 Å². The lowest BCUT2D eigenvalue weighted by molar-refractivity contribution is 0.186. The predicted octanol–water partition coefficient (Wildman–Crippen LogP) is 5.12. The van der Waals surface area contributed by atoms with Crippen molar-refractivity contribution >= 4 is 11.8 Å². The summed E-state index contributed by atoms with van der Waals surface area (Å²) in [7, 11) is 0. The van der Waals surface area contributed by atoms with E-state index >= 15 is 0 Å². The fourth-order valence-corrected chi connectivity index (χ4v) is 2.82. The lowest BCUT2D eigenvalue weighted by Gasteiger charge is -2.10. The molecule has 0 saturated carbocycles. The Balaban J connectivity index is 1.82. The van der Waals surface area contributed by atoms with Gasteiger partial charge in [0.05, 0.1) is 6.10 Å². The van der Waals surface area contributed by atoms with Crippen molar-refractivity contribution in [1.82, 2.24) is 0 Å². The van der Waals surface area contributed by atoms with E-state index in [0.717, 1.165) is 41.4 Å². The zero-order valence-electron chi connectivity index (χ0n) is 12.4. The minimum absolute atomic E-state index is 0.213. The molecule has 0 amide bonds. The van der Waals surface area contributed by atoms with E-state index in [-0.39, 0.29) is 6.10 Å². The van der Waals surface area contributed by atoms with Crippen molar-refractivity contribution in [3.63, 3.8) is 0 Å². The molecule has 1 N–H and O–H groups in total. The number of unbranched alkanes of at least 4 members (excludes halogenated alkanes) is 1. The molecule has 2 aromatic rings. The molecule has 0 aliphatic rings. The van der Waals surface area contributed by atoms with E-state index in [9.17, 15) is 5.11 Å². The number of thioether (sulfide) groups is 1. The highest BCUT2D eigenvalue weighted by molar-refractivity contribution is 7.99. The normalized spacial score (nSPS) is 12.1. The first-order valence-electron chi connectivity index (χ1n) is 7.41. The predicted molar refractivity (Wildman–Crippen MR) is 89.2 cm³/mol. The summed E-state index contributed by atoms with van der Waals surface area (Å²) in [6.45, 7) is 2.14. The standard InChI is InChI=1S/C18H22O2S/c1-2-3-7-15(19)14-21-18-12-10-17(11-13-18)20-16-8-5-4-6-9-16/h4-6,8-13,15,19H,2-3,7,14H2,1H3. The van der Waals surface area contributed by atoms with Crippen molar-refractivity contribution in [2.45, 2.75) is 37.2 Å². The van der Waals surface area contributed by atoms with Crippen LogP contribution in [-0.4, -0.2) is 17.0 Å². The molecule has 3 heteroatoms. The molecule has 2 aromatic carbocycles. The smallest absolute Gasteiger partial charge is 0.127 e. The monoisotopic (exact) mass is 302 g/mol. The van der Waals surface area contributed by atoms with E-state index in [4.69, 9.17) is 4.74 Å². The Morgan fingerprint density at radius 3 is 2.33 bits per heavy atom. The van der Waals surface area contributed by atoms with Gasteiger partial charge >= 0.3 is 0 Å². The molecule has 0 fully saturated rings. The lowest BCUT2D eigenvalue weighted by atomic mass is 10.2. The molecule has 0 radical (unpaired) electrons. The van der Waals surface area contributed by atoms with Crippen LogP contribution in [-0.2, 0) is 0 Å². The second-order valence-electron chi connectivity index (χ2n) is 4.99. The molecule has 0 aliphatic carbocycles. The Kier molecular flexibility index (Phi) is 6.64. The minimum atomic E-state index is -0.213. The van der Waals surface area contributed by atoms with Gasteiger partial charge in [0.1, 0.15) is 11.5 Å². The molecule has 2 nitrogen and oxygen atoms in total. The van der Waals surface area contributed by atoms with Crippen LogP contribution < -0.4 is 4.74 Å².